The highest BCUT2D eigenvalue weighted by Gasteiger charge is 2.52. The summed E-state index contributed by atoms with van der Waals surface area (Å²) in [6, 6.07) is 2.13. The molecule has 2 N–H and O–H groups in total. The maximum atomic E-state index is 6.33. The van der Waals surface area contributed by atoms with E-state index in [1.54, 1.807) is 6.39 Å². The Bertz CT molecular complexity index is 952. The molecule has 7 heteroatoms. The van der Waals surface area contributed by atoms with Crippen molar-refractivity contribution < 1.29 is 13.8 Å². The lowest BCUT2D eigenvalue weighted by Gasteiger charge is -2.57. The molecule has 2 heterocycles. The van der Waals surface area contributed by atoms with Gasteiger partial charge in [0, 0.05) is 17.6 Å². The zero-order valence-corrected chi connectivity index (χ0v) is 22.2. The molecule has 194 valence electrons. The van der Waals surface area contributed by atoms with E-state index >= 15 is 0 Å². The molecular formula is C29H41N4O2S+. The predicted molar refractivity (Wildman–Crippen MR) is 137 cm³/mol. The molecule has 8 aliphatic carbocycles. The molecule has 2 aromatic heterocycles. The van der Waals surface area contributed by atoms with Crippen LogP contribution in [-0.2, 0) is 19.8 Å². The highest BCUT2D eigenvalue weighted by molar-refractivity contribution is 7.10. The van der Waals surface area contributed by atoms with Gasteiger partial charge in [-0.05, 0) is 124 Å². The van der Waals surface area contributed by atoms with Crippen molar-refractivity contribution in [2.75, 3.05) is 0 Å². The molecule has 10 rings (SSSR count). The Hall–Kier alpha value is -1.44. The number of nitrogens with zero attached hydrogens (tertiary/aromatic N) is 2. The quantitative estimate of drug-likeness (QED) is 0.456. The highest BCUT2D eigenvalue weighted by Crippen LogP contribution is 2.56. The van der Waals surface area contributed by atoms with Gasteiger partial charge in [-0.1, -0.05) is 0 Å². The number of hydrogen-bond donors (Lipinski definition) is 2. The van der Waals surface area contributed by atoms with Crippen LogP contribution in [0, 0.1) is 35.5 Å². The second-order valence-electron chi connectivity index (χ2n) is 13.8. The maximum absolute atomic E-state index is 6.33. The van der Waals surface area contributed by atoms with Crippen LogP contribution in [0.5, 0.6) is 5.75 Å². The fraction of sp³-hybridized carbons (Fsp3) is 0.793. The monoisotopic (exact) mass is 509 g/mol. The van der Waals surface area contributed by atoms with Crippen molar-refractivity contribution in [1.82, 2.24) is 15.8 Å². The van der Waals surface area contributed by atoms with E-state index in [1.807, 2.05) is 15.9 Å². The Morgan fingerprint density at radius 1 is 0.833 bits per heavy atom. The van der Waals surface area contributed by atoms with Crippen molar-refractivity contribution in [2.24, 2.45) is 35.5 Å². The molecule has 8 aliphatic rings. The van der Waals surface area contributed by atoms with E-state index in [9.17, 15) is 0 Å². The largest absolute Gasteiger partial charge is 0.453 e. The Kier molecular flexibility index (Phi) is 5.34. The zero-order valence-electron chi connectivity index (χ0n) is 21.4. The van der Waals surface area contributed by atoms with Gasteiger partial charge < -0.3 is 15.4 Å². The Morgan fingerprint density at radius 2 is 1.36 bits per heavy atom. The van der Waals surface area contributed by atoms with Crippen LogP contribution in [-0.4, -0.2) is 16.2 Å². The summed E-state index contributed by atoms with van der Waals surface area (Å²) in [4.78, 5) is 1.32. The third kappa shape index (κ3) is 4.04. The van der Waals surface area contributed by atoms with Gasteiger partial charge in [-0.2, -0.15) is 4.57 Å². The topological polar surface area (TPSA) is 63.2 Å². The number of nitrogens with one attached hydrogen (secondary N) is 2. The van der Waals surface area contributed by atoms with Gasteiger partial charge in [-0.25, -0.2) is 4.52 Å². The number of aromatic nitrogens is 2. The van der Waals surface area contributed by atoms with Gasteiger partial charge in [-0.15, -0.1) is 11.3 Å². The first-order valence-electron chi connectivity index (χ1n) is 14.6. The molecule has 0 aromatic carbocycles. The first-order valence-corrected chi connectivity index (χ1v) is 15.5. The Balaban J connectivity index is 0.888. The summed E-state index contributed by atoms with van der Waals surface area (Å²) in [6.07, 6.45) is 18.8. The lowest BCUT2D eigenvalue weighted by molar-refractivity contribution is -0.734. The van der Waals surface area contributed by atoms with Gasteiger partial charge in [0.25, 0.3) is 0 Å². The van der Waals surface area contributed by atoms with Crippen LogP contribution in [0.4, 0.5) is 0 Å². The van der Waals surface area contributed by atoms with Crippen LogP contribution < -0.4 is 19.9 Å². The van der Waals surface area contributed by atoms with Gasteiger partial charge in [0.05, 0.1) is 4.88 Å². The average Bonchev–Trinajstić information content (AvgIpc) is 3.47. The molecule has 0 aliphatic heterocycles. The highest BCUT2D eigenvalue weighted by atomic mass is 32.1. The maximum Gasteiger partial charge on any atom is 0.365 e. The summed E-state index contributed by atoms with van der Waals surface area (Å²) >= 11 is 1.81. The summed E-state index contributed by atoms with van der Waals surface area (Å²) in [7, 11) is 0. The second kappa shape index (κ2) is 8.54. The first-order chi connectivity index (χ1) is 17.6. The summed E-state index contributed by atoms with van der Waals surface area (Å²) in [5, 5.41) is 14.5. The lowest BCUT2D eigenvalue weighted by Crippen LogP contribution is -2.58. The van der Waals surface area contributed by atoms with Gasteiger partial charge in [0.2, 0.25) is 6.73 Å². The fourth-order valence-electron chi connectivity index (χ4n) is 10.4. The third-order valence-electron chi connectivity index (χ3n) is 11.0. The van der Waals surface area contributed by atoms with Crippen molar-refractivity contribution in [1.29, 1.82) is 0 Å². The molecular weight excluding hydrogens is 468 g/mol. The Morgan fingerprint density at radius 3 is 1.92 bits per heavy atom. The molecule has 2 aromatic rings. The molecule has 0 unspecified atom stereocenters. The van der Waals surface area contributed by atoms with Crippen molar-refractivity contribution >= 4 is 11.3 Å². The summed E-state index contributed by atoms with van der Waals surface area (Å²) in [5.41, 5.74) is 0.713. The first kappa shape index (κ1) is 22.5. The van der Waals surface area contributed by atoms with Crippen LogP contribution >= 0.6 is 11.3 Å². The van der Waals surface area contributed by atoms with Gasteiger partial charge >= 0.3 is 12.2 Å². The van der Waals surface area contributed by atoms with Gasteiger partial charge in [-0.3, -0.25) is 0 Å². The Labute approximate surface area is 218 Å². The van der Waals surface area contributed by atoms with E-state index in [2.05, 4.69) is 27.2 Å². The molecule has 6 nitrogen and oxygen atoms in total. The lowest BCUT2D eigenvalue weighted by atomic mass is 9.53. The van der Waals surface area contributed by atoms with Crippen molar-refractivity contribution in [3.63, 3.8) is 0 Å². The molecule has 36 heavy (non-hydrogen) atoms. The van der Waals surface area contributed by atoms with Crippen LogP contribution in [0.25, 0.3) is 0 Å². The molecule has 0 atom stereocenters. The number of ether oxygens (including phenoxy) is 1. The van der Waals surface area contributed by atoms with Crippen LogP contribution in [0.2, 0.25) is 0 Å². The molecule has 0 radical (unpaired) electrons. The van der Waals surface area contributed by atoms with Crippen molar-refractivity contribution in [2.45, 2.75) is 108 Å². The molecule has 8 fully saturated rings. The van der Waals surface area contributed by atoms with Crippen LogP contribution in [0.15, 0.2) is 22.4 Å². The van der Waals surface area contributed by atoms with Crippen LogP contribution in [0.1, 0.15) is 87.8 Å². The molecule has 0 amide bonds. The summed E-state index contributed by atoms with van der Waals surface area (Å²) in [6.45, 7) is 2.13. The van der Waals surface area contributed by atoms with E-state index in [0.29, 0.717) is 17.8 Å². The smallest absolute Gasteiger partial charge is 0.365 e. The molecule has 0 saturated heterocycles. The van der Waals surface area contributed by atoms with E-state index < -0.39 is 0 Å². The zero-order chi connectivity index (χ0) is 23.7. The van der Waals surface area contributed by atoms with Crippen molar-refractivity contribution in [3.8, 4) is 5.75 Å². The van der Waals surface area contributed by atoms with Gasteiger partial charge in [0.15, 0.2) is 5.16 Å². The fourth-order valence-corrected chi connectivity index (χ4v) is 11.2. The SMILES string of the molecule is c1cc(OC[n+]2conc2CNC23CC4CC(CC(C4)C2)C3)c(CNC23CC4CC(CC(C4)C2)C3)s1. The minimum atomic E-state index is 0.329. The van der Waals surface area contributed by atoms with E-state index in [-0.39, 0.29) is 0 Å². The average molecular weight is 510 g/mol. The van der Waals surface area contributed by atoms with E-state index in [4.69, 9.17) is 9.26 Å². The standard InChI is InChI=1S/C29H41N4O2S/c1-2-36-26(15-30-28-9-19-3-20(10-28)5-21(4-19)11-28)25(1)34-17-33-18-35-32-27(33)16-31-29-12-22-6-23(13-29)8-24(7-22)14-29/h1-2,18-24,30-31H,3-17H2/q+1. The van der Waals surface area contributed by atoms with Crippen LogP contribution in [0.3, 0.4) is 0 Å². The summed E-state index contributed by atoms with van der Waals surface area (Å²) in [5.74, 6) is 7.69. The predicted octanol–water partition coefficient (Wildman–Crippen LogP) is 5.18. The third-order valence-corrected chi connectivity index (χ3v) is 12.0. The second-order valence-corrected chi connectivity index (χ2v) is 14.8. The normalized spacial score (nSPS) is 41.9. The van der Waals surface area contributed by atoms with Gasteiger partial charge in [0.1, 0.15) is 12.3 Å². The minimum Gasteiger partial charge on any atom is -0.453 e. The van der Waals surface area contributed by atoms with E-state index in [1.165, 1.54) is 81.9 Å². The number of rotatable bonds is 9. The van der Waals surface area contributed by atoms with E-state index in [0.717, 1.165) is 60.2 Å². The molecule has 0 spiro atoms. The molecule has 8 saturated carbocycles. The minimum absolute atomic E-state index is 0.329. The molecule has 8 bridgehead atoms. The summed E-state index contributed by atoms with van der Waals surface area (Å²) < 4.78 is 13.7. The van der Waals surface area contributed by atoms with Crippen molar-refractivity contribution in [3.05, 3.63) is 28.5 Å². The number of thiophene rings is 1. The number of hydrogen-bond acceptors (Lipinski definition) is 6.